The molecule has 0 aliphatic carbocycles. The normalized spacial score (nSPS) is 19.0. The fourth-order valence-corrected chi connectivity index (χ4v) is 2.12. The number of benzene rings is 1. The summed E-state index contributed by atoms with van der Waals surface area (Å²) < 4.78 is 13.8. The lowest BCUT2D eigenvalue weighted by Crippen LogP contribution is -2.31. The van der Waals surface area contributed by atoms with Crippen molar-refractivity contribution >= 4 is 40.9 Å². The molecule has 1 aromatic rings. The van der Waals surface area contributed by atoms with Gasteiger partial charge in [-0.1, -0.05) is 0 Å². The molecule has 1 atom stereocenters. The number of rotatable bonds is 1. The van der Waals surface area contributed by atoms with Crippen LogP contribution in [0.4, 0.5) is 4.39 Å². The number of hydrogen-bond donors (Lipinski definition) is 1. The maximum atomic E-state index is 13.3. The van der Waals surface area contributed by atoms with Crippen molar-refractivity contribution in [1.29, 1.82) is 0 Å². The fraction of sp³-hybridized carbons (Fsp3) is 0.364. The molecule has 0 unspecified atom stereocenters. The van der Waals surface area contributed by atoms with E-state index in [4.69, 9.17) is 5.73 Å². The second-order valence-electron chi connectivity index (χ2n) is 3.93. The van der Waals surface area contributed by atoms with Crippen molar-refractivity contribution in [2.75, 3.05) is 13.1 Å². The largest absolute Gasteiger partial charge is 0.337 e. The molecule has 1 amide bonds. The van der Waals surface area contributed by atoms with E-state index in [1.54, 1.807) is 17.0 Å². The van der Waals surface area contributed by atoms with Crippen LogP contribution < -0.4 is 5.73 Å². The number of halogens is 3. The molecule has 1 heterocycles. The Bertz CT molecular complexity index is 430. The summed E-state index contributed by atoms with van der Waals surface area (Å²) in [6.07, 6.45) is 0.818. The first-order valence-electron chi connectivity index (χ1n) is 5.08. The smallest absolute Gasteiger partial charge is 0.254 e. The van der Waals surface area contributed by atoms with Crippen LogP contribution in [0.1, 0.15) is 16.8 Å². The third-order valence-corrected chi connectivity index (χ3v) is 3.55. The van der Waals surface area contributed by atoms with Gasteiger partial charge in [0.1, 0.15) is 5.82 Å². The number of carbonyl (C=O) groups is 1. The minimum atomic E-state index is -0.352. The Morgan fingerprint density at radius 1 is 1.53 bits per heavy atom. The molecule has 1 fully saturated rings. The molecule has 0 aromatic heterocycles. The highest BCUT2D eigenvalue weighted by atomic mass is 127. The quantitative estimate of drug-likeness (QED) is 0.769. The molecular weight excluding hydrogens is 357 g/mol. The Morgan fingerprint density at radius 2 is 2.24 bits per heavy atom. The number of nitrogens with two attached hydrogens (primary N) is 1. The Hall–Kier alpha value is -0.400. The summed E-state index contributed by atoms with van der Waals surface area (Å²) in [6, 6.07) is 4.60. The first kappa shape index (κ1) is 14.7. The third kappa shape index (κ3) is 3.29. The number of carbonyl (C=O) groups excluding carboxylic acids is 1. The molecule has 1 aliphatic rings. The van der Waals surface area contributed by atoms with Crippen LogP contribution in [0.5, 0.6) is 0 Å². The van der Waals surface area contributed by atoms with E-state index in [1.807, 2.05) is 22.6 Å². The molecule has 17 heavy (non-hydrogen) atoms. The molecule has 0 radical (unpaired) electrons. The molecule has 2 N–H and O–H groups in total. The summed E-state index contributed by atoms with van der Waals surface area (Å²) in [5, 5.41) is 0. The lowest BCUT2D eigenvalue weighted by molar-refractivity contribution is 0.0790. The Labute approximate surface area is 119 Å². The molecule has 0 spiro atoms. The highest BCUT2D eigenvalue weighted by Gasteiger charge is 2.24. The van der Waals surface area contributed by atoms with Crippen molar-refractivity contribution in [3.8, 4) is 0 Å². The lowest BCUT2D eigenvalue weighted by Gasteiger charge is -2.15. The average molecular weight is 371 g/mol. The molecule has 1 aliphatic heterocycles. The van der Waals surface area contributed by atoms with Gasteiger partial charge in [-0.05, 0) is 47.2 Å². The van der Waals surface area contributed by atoms with Crippen LogP contribution in [0, 0.1) is 9.39 Å². The van der Waals surface area contributed by atoms with Gasteiger partial charge in [0.25, 0.3) is 5.91 Å². The van der Waals surface area contributed by atoms with Crippen LogP contribution in [0.2, 0.25) is 0 Å². The minimum absolute atomic E-state index is 0. The van der Waals surface area contributed by atoms with E-state index in [2.05, 4.69) is 0 Å². The number of nitrogens with zero attached hydrogens (tertiary/aromatic N) is 1. The van der Waals surface area contributed by atoms with Gasteiger partial charge in [-0.2, -0.15) is 0 Å². The zero-order valence-corrected chi connectivity index (χ0v) is 12.0. The van der Waals surface area contributed by atoms with Gasteiger partial charge < -0.3 is 10.6 Å². The van der Waals surface area contributed by atoms with Crippen LogP contribution >= 0.6 is 35.0 Å². The zero-order valence-electron chi connectivity index (χ0n) is 9.03. The van der Waals surface area contributed by atoms with Crippen molar-refractivity contribution in [1.82, 2.24) is 4.90 Å². The molecule has 2 rings (SSSR count). The van der Waals surface area contributed by atoms with Crippen LogP contribution in [0.15, 0.2) is 18.2 Å². The summed E-state index contributed by atoms with van der Waals surface area (Å²) >= 11 is 1.90. The van der Waals surface area contributed by atoms with Crippen LogP contribution in [-0.2, 0) is 0 Å². The van der Waals surface area contributed by atoms with Gasteiger partial charge in [-0.25, -0.2) is 4.39 Å². The van der Waals surface area contributed by atoms with Crippen LogP contribution in [0.3, 0.4) is 0 Å². The van der Waals surface area contributed by atoms with Crippen molar-refractivity contribution in [3.63, 3.8) is 0 Å². The highest BCUT2D eigenvalue weighted by Crippen LogP contribution is 2.16. The molecular formula is C11H13ClFIN2O. The molecule has 0 bridgehead atoms. The summed E-state index contributed by atoms with van der Waals surface area (Å²) in [4.78, 5) is 13.6. The van der Waals surface area contributed by atoms with E-state index in [0.29, 0.717) is 22.2 Å². The van der Waals surface area contributed by atoms with Crippen LogP contribution in [0.25, 0.3) is 0 Å². The standard InChI is InChI=1S/C11H12FIN2O.ClH/c12-9-5-7(1-2-10(9)13)11(16)15-4-3-8(14)6-15;/h1-2,5,8H,3-4,6,14H2;1H/t8-;/m1./s1. The lowest BCUT2D eigenvalue weighted by atomic mass is 10.2. The molecule has 0 saturated carbocycles. The monoisotopic (exact) mass is 370 g/mol. The maximum absolute atomic E-state index is 13.3. The maximum Gasteiger partial charge on any atom is 0.254 e. The molecule has 1 saturated heterocycles. The first-order valence-corrected chi connectivity index (χ1v) is 6.15. The second-order valence-corrected chi connectivity index (χ2v) is 5.09. The van der Waals surface area contributed by atoms with E-state index in [0.717, 1.165) is 6.42 Å². The summed E-state index contributed by atoms with van der Waals surface area (Å²) in [5.74, 6) is -0.488. The average Bonchev–Trinajstić information content (AvgIpc) is 2.68. The fourth-order valence-electron chi connectivity index (χ4n) is 1.78. The first-order chi connectivity index (χ1) is 7.58. The highest BCUT2D eigenvalue weighted by molar-refractivity contribution is 14.1. The Morgan fingerprint density at radius 3 is 2.76 bits per heavy atom. The van der Waals surface area contributed by atoms with Gasteiger partial charge in [0, 0.05) is 28.3 Å². The summed E-state index contributed by atoms with van der Waals surface area (Å²) in [5.41, 5.74) is 6.12. The van der Waals surface area contributed by atoms with Gasteiger partial charge in [0.2, 0.25) is 0 Å². The van der Waals surface area contributed by atoms with E-state index < -0.39 is 0 Å². The predicted molar refractivity (Wildman–Crippen MR) is 74.9 cm³/mol. The van der Waals surface area contributed by atoms with Gasteiger partial charge in [-0.3, -0.25) is 4.79 Å². The van der Waals surface area contributed by atoms with Gasteiger partial charge >= 0.3 is 0 Å². The minimum Gasteiger partial charge on any atom is -0.337 e. The van der Waals surface area contributed by atoms with E-state index in [1.165, 1.54) is 6.07 Å². The van der Waals surface area contributed by atoms with Gasteiger partial charge in [0.15, 0.2) is 0 Å². The number of amides is 1. The third-order valence-electron chi connectivity index (χ3n) is 2.68. The van der Waals surface area contributed by atoms with E-state index >= 15 is 0 Å². The van der Waals surface area contributed by atoms with Crippen molar-refractivity contribution in [2.45, 2.75) is 12.5 Å². The number of hydrogen-bond acceptors (Lipinski definition) is 2. The Kier molecular flexibility index (Phi) is 5.15. The Balaban J connectivity index is 0.00000144. The van der Waals surface area contributed by atoms with Crippen molar-refractivity contribution < 1.29 is 9.18 Å². The molecule has 1 aromatic carbocycles. The predicted octanol–water partition coefficient (Wildman–Crippen LogP) is 2.03. The van der Waals surface area contributed by atoms with E-state index in [-0.39, 0.29) is 30.2 Å². The van der Waals surface area contributed by atoms with Crippen LogP contribution in [-0.4, -0.2) is 29.9 Å². The summed E-state index contributed by atoms with van der Waals surface area (Å²) in [6.45, 7) is 1.22. The second kappa shape index (κ2) is 5.97. The SMILES string of the molecule is Cl.N[C@@H]1CCN(C(=O)c2ccc(I)c(F)c2)C1. The molecule has 6 heteroatoms. The molecule has 3 nitrogen and oxygen atoms in total. The van der Waals surface area contributed by atoms with Crippen molar-refractivity contribution in [2.24, 2.45) is 5.73 Å². The van der Waals surface area contributed by atoms with Crippen molar-refractivity contribution in [3.05, 3.63) is 33.1 Å². The van der Waals surface area contributed by atoms with E-state index in [9.17, 15) is 9.18 Å². The number of likely N-dealkylation sites (tertiary alicyclic amines) is 1. The zero-order chi connectivity index (χ0) is 11.7. The van der Waals surface area contributed by atoms with Gasteiger partial charge in [0.05, 0.1) is 0 Å². The van der Waals surface area contributed by atoms with Gasteiger partial charge in [-0.15, -0.1) is 12.4 Å². The topological polar surface area (TPSA) is 46.3 Å². The molecule has 94 valence electrons. The summed E-state index contributed by atoms with van der Waals surface area (Å²) in [7, 11) is 0.